The first-order valence-corrected chi connectivity index (χ1v) is 13.8. The molecule has 0 amide bonds. The Bertz CT molecular complexity index is 1400. The van der Waals surface area contributed by atoms with Gasteiger partial charge in [-0.25, -0.2) is 14.6 Å². The second-order valence-corrected chi connectivity index (χ2v) is 11.4. The minimum absolute atomic E-state index is 0.155. The molecule has 36 heavy (non-hydrogen) atoms. The number of methoxy groups -OCH3 is 2. The number of nitrogens with one attached hydrogen (secondary N) is 1. The topological polar surface area (TPSA) is 104 Å². The third kappa shape index (κ3) is 3.76. The van der Waals surface area contributed by atoms with Crippen molar-refractivity contribution in [3.05, 3.63) is 40.5 Å². The largest absolute Gasteiger partial charge is 0.496 e. The van der Waals surface area contributed by atoms with Crippen LogP contribution in [0.25, 0.3) is 22.4 Å². The number of hydrogen-bond donors (Lipinski definition) is 2. The molecule has 2 fully saturated rings. The van der Waals surface area contributed by atoms with Crippen LogP contribution in [0, 0.1) is 11.8 Å². The number of thiazole rings is 1. The Kier molecular flexibility index (Phi) is 5.25. The zero-order chi connectivity index (χ0) is 24.4. The summed E-state index contributed by atoms with van der Waals surface area (Å²) in [6.07, 6.45) is 6.23. The number of imidazole rings is 1. The molecular weight excluding hydrogens is 500 g/mol. The SMILES string of the molecule is COc1cc(OCc2csc(C(O)(C3CC3)C3CC3)n2)c2cc(-c3cn4c(n3)SC(OC)N4)oc2c1. The molecule has 1 unspecified atom stereocenters. The van der Waals surface area contributed by atoms with E-state index in [1.165, 1.54) is 11.8 Å². The lowest BCUT2D eigenvalue weighted by Gasteiger charge is -2.25. The van der Waals surface area contributed by atoms with Gasteiger partial charge in [-0.1, -0.05) is 0 Å². The molecule has 7 rings (SSSR count). The average Bonchev–Trinajstić information content (AvgIpc) is 3.74. The first-order chi connectivity index (χ1) is 17.5. The summed E-state index contributed by atoms with van der Waals surface area (Å²) in [6.45, 7) is 0.294. The molecule has 0 bridgehead atoms. The molecule has 1 aliphatic heterocycles. The van der Waals surface area contributed by atoms with Gasteiger partial charge >= 0.3 is 0 Å². The molecule has 2 aliphatic carbocycles. The van der Waals surface area contributed by atoms with Crippen LogP contribution in [0.3, 0.4) is 0 Å². The van der Waals surface area contributed by atoms with E-state index in [1.54, 1.807) is 25.6 Å². The van der Waals surface area contributed by atoms with Crippen molar-refractivity contribution in [1.29, 1.82) is 0 Å². The van der Waals surface area contributed by atoms with E-state index in [2.05, 4.69) is 10.4 Å². The fourth-order valence-electron chi connectivity index (χ4n) is 4.88. The molecule has 0 spiro atoms. The van der Waals surface area contributed by atoms with Crippen LogP contribution >= 0.6 is 23.1 Å². The zero-order valence-electron chi connectivity index (χ0n) is 19.9. The van der Waals surface area contributed by atoms with Gasteiger partial charge in [0.15, 0.2) is 16.5 Å². The molecule has 1 atom stereocenters. The lowest BCUT2D eigenvalue weighted by Crippen LogP contribution is -2.30. The predicted octanol–water partition coefficient (Wildman–Crippen LogP) is 4.93. The summed E-state index contributed by atoms with van der Waals surface area (Å²) in [7, 11) is 3.27. The van der Waals surface area contributed by atoms with Gasteiger partial charge in [0, 0.05) is 24.6 Å². The van der Waals surface area contributed by atoms with Crippen molar-refractivity contribution in [1.82, 2.24) is 14.6 Å². The van der Waals surface area contributed by atoms with Gasteiger partial charge in [-0.15, -0.1) is 11.3 Å². The van der Waals surface area contributed by atoms with E-state index < -0.39 is 5.60 Å². The van der Waals surface area contributed by atoms with Crippen LogP contribution in [0.1, 0.15) is 36.4 Å². The van der Waals surface area contributed by atoms with E-state index in [-0.39, 0.29) is 5.56 Å². The van der Waals surface area contributed by atoms with Crippen LogP contribution in [-0.4, -0.2) is 39.5 Å². The van der Waals surface area contributed by atoms with Crippen LogP contribution in [0.2, 0.25) is 0 Å². The van der Waals surface area contributed by atoms with Crippen molar-refractivity contribution >= 4 is 34.1 Å². The third-order valence-corrected chi connectivity index (χ3v) is 9.12. The summed E-state index contributed by atoms with van der Waals surface area (Å²) >= 11 is 3.04. The Balaban J connectivity index is 1.15. The molecular formula is C25H26N4O5S2. The monoisotopic (exact) mass is 526 g/mol. The smallest absolute Gasteiger partial charge is 0.196 e. The van der Waals surface area contributed by atoms with Gasteiger partial charge in [0.05, 0.1) is 24.4 Å². The van der Waals surface area contributed by atoms with Crippen molar-refractivity contribution in [2.24, 2.45) is 11.8 Å². The van der Waals surface area contributed by atoms with Crippen molar-refractivity contribution < 1.29 is 23.7 Å². The number of benzene rings is 1. The molecule has 2 N–H and O–H groups in total. The number of rotatable bonds is 9. The summed E-state index contributed by atoms with van der Waals surface area (Å²) in [6, 6.07) is 5.63. The zero-order valence-corrected chi connectivity index (χ0v) is 21.5. The molecule has 0 saturated heterocycles. The summed E-state index contributed by atoms with van der Waals surface area (Å²) in [4.78, 5) is 9.46. The fourth-order valence-corrected chi connectivity index (χ4v) is 6.76. The molecule has 11 heteroatoms. The van der Waals surface area contributed by atoms with Crippen molar-refractivity contribution in [3.63, 3.8) is 0 Å². The molecule has 1 aromatic carbocycles. The Morgan fingerprint density at radius 2 is 1.97 bits per heavy atom. The maximum absolute atomic E-state index is 11.4. The summed E-state index contributed by atoms with van der Waals surface area (Å²) in [5.41, 5.74) is 4.46. The van der Waals surface area contributed by atoms with E-state index in [1.807, 2.05) is 34.5 Å². The Morgan fingerprint density at radius 3 is 2.67 bits per heavy atom. The number of ether oxygens (including phenoxy) is 3. The number of thioether (sulfide) groups is 1. The van der Waals surface area contributed by atoms with Gasteiger partial charge in [0.25, 0.3) is 0 Å². The van der Waals surface area contributed by atoms with Crippen LogP contribution < -0.4 is 14.9 Å². The van der Waals surface area contributed by atoms with Gasteiger partial charge in [-0.3, -0.25) is 5.43 Å². The summed E-state index contributed by atoms with van der Waals surface area (Å²) < 4.78 is 25.0. The van der Waals surface area contributed by atoms with Crippen molar-refractivity contribution in [2.45, 2.75) is 48.6 Å². The van der Waals surface area contributed by atoms with Gasteiger partial charge in [0.1, 0.15) is 40.0 Å². The van der Waals surface area contributed by atoms with Crippen LogP contribution in [0.5, 0.6) is 11.5 Å². The van der Waals surface area contributed by atoms with E-state index in [0.717, 1.165) is 46.9 Å². The highest BCUT2D eigenvalue weighted by atomic mass is 32.2. The highest BCUT2D eigenvalue weighted by molar-refractivity contribution is 7.99. The maximum atomic E-state index is 11.4. The molecule has 9 nitrogen and oxygen atoms in total. The van der Waals surface area contributed by atoms with Gasteiger partial charge < -0.3 is 23.7 Å². The van der Waals surface area contributed by atoms with E-state index in [0.29, 0.717) is 47.0 Å². The standard InChI is InChI=1S/C25H26N4O5S2/c1-31-16-7-19(33-11-15-12-35-22(26-15)25(30,13-3-4-13)14-5-6-14)17-9-21(34-20(17)8-16)18-10-29-23(27-18)36-24(28-29)32-2/h7-10,12-14,24,28,30H,3-6,11H2,1-2H3. The predicted molar refractivity (Wildman–Crippen MR) is 136 cm³/mol. The van der Waals surface area contributed by atoms with Gasteiger partial charge in [0.2, 0.25) is 0 Å². The number of nitrogens with zero attached hydrogens (tertiary/aromatic N) is 3. The third-order valence-electron chi connectivity index (χ3n) is 7.08. The van der Waals surface area contributed by atoms with Gasteiger partial charge in [-0.2, -0.15) is 0 Å². The number of fused-ring (bicyclic) bond motifs is 2. The quantitative estimate of drug-likeness (QED) is 0.314. The highest BCUT2D eigenvalue weighted by Crippen LogP contribution is 2.57. The number of hydrogen-bond acceptors (Lipinski definition) is 10. The molecule has 4 heterocycles. The van der Waals surface area contributed by atoms with Crippen LogP contribution in [0.15, 0.2) is 39.3 Å². The van der Waals surface area contributed by atoms with Crippen molar-refractivity contribution in [2.75, 3.05) is 19.6 Å². The second kappa shape index (κ2) is 8.41. The van der Waals surface area contributed by atoms with Crippen molar-refractivity contribution in [3.8, 4) is 23.0 Å². The molecule has 0 radical (unpaired) electrons. The summed E-state index contributed by atoms with van der Waals surface area (Å²) in [5.74, 6) is 2.63. The van der Waals surface area contributed by atoms with Gasteiger partial charge in [-0.05, 0) is 55.3 Å². The van der Waals surface area contributed by atoms with Crippen LogP contribution in [-0.2, 0) is 16.9 Å². The number of aromatic nitrogens is 3. The Hall–Kier alpha value is -2.73. The molecule has 2 saturated carbocycles. The molecule has 3 aliphatic rings. The lowest BCUT2D eigenvalue weighted by atomic mass is 9.92. The first-order valence-electron chi connectivity index (χ1n) is 12.0. The molecule has 4 aromatic rings. The Labute approximate surface area is 215 Å². The minimum Gasteiger partial charge on any atom is -0.496 e. The van der Waals surface area contributed by atoms with E-state index >= 15 is 0 Å². The number of furan rings is 1. The highest BCUT2D eigenvalue weighted by Gasteiger charge is 2.56. The summed E-state index contributed by atoms with van der Waals surface area (Å²) in [5, 5.41) is 15.9. The first kappa shape index (κ1) is 22.5. The molecule has 3 aromatic heterocycles. The Morgan fingerprint density at radius 1 is 1.17 bits per heavy atom. The minimum atomic E-state index is -0.757. The molecule has 188 valence electrons. The van der Waals surface area contributed by atoms with Crippen LogP contribution in [0.4, 0.5) is 0 Å². The van der Waals surface area contributed by atoms with E-state index in [9.17, 15) is 5.11 Å². The second-order valence-electron chi connectivity index (χ2n) is 9.55. The van der Waals surface area contributed by atoms with E-state index in [4.69, 9.17) is 23.6 Å². The average molecular weight is 527 g/mol. The lowest BCUT2D eigenvalue weighted by molar-refractivity contribution is -0.0106. The normalized spacial score (nSPS) is 19.5. The number of aliphatic hydroxyl groups is 1. The fraction of sp³-hybridized carbons (Fsp3) is 0.440. The maximum Gasteiger partial charge on any atom is 0.196 e.